The van der Waals surface area contributed by atoms with Gasteiger partial charge in [-0.25, -0.2) is 0 Å². The Bertz CT molecular complexity index is 1020. The highest BCUT2D eigenvalue weighted by Crippen LogP contribution is 2.20. The van der Waals surface area contributed by atoms with E-state index in [4.69, 9.17) is 0 Å². The fourth-order valence-corrected chi connectivity index (χ4v) is 3.90. The molecule has 6 nitrogen and oxygen atoms in total. The van der Waals surface area contributed by atoms with E-state index in [0.29, 0.717) is 17.8 Å². The van der Waals surface area contributed by atoms with Crippen LogP contribution in [-0.4, -0.2) is 34.3 Å². The van der Waals surface area contributed by atoms with Crippen molar-refractivity contribution in [3.8, 4) is 0 Å². The Balaban J connectivity index is 1.33. The van der Waals surface area contributed by atoms with E-state index in [1.165, 1.54) is 5.56 Å². The van der Waals surface area contributed by atoms with E-state index in [9.17, 15) is 9.59 Å². The number of nitrogens with one attached hydrogen (secondary N) is 2. The number of pyridine rings is 1. The van der Waals surface area contributed by atoms with Gasteiger partial charge >= 0.3 is 0 Å². The molecule has 1 aliphatic heterocycles. The summed E-state index contributed by atoms with van der Waals surface area (Å²) in [5.41, 5.74) is 3.40. The Hall–Kier alpha value is -3.51. The summed E-state index contributed by atoms with van der Waals surface area (Å²) in [6.07, 6.45) is 5.08. The first-order chi connectivity index (χ1) is 15.2. The van der Waals surface area contributed by atoms with Crippen molar-refractivity contribution >= 4 is 17.5 Å². The molecular formula is C25H26N4O2. The molecule has 2 amide bonds. The molecule has 1 fully saturated rings. The molecule has 0 saturated carbocycles. The van der Waals surface area contributed by atoms with Crippen molar-refractivity contribution < 1.29 is 9.59 Å². The number of hydrogen-bond acceptors (Lipinski definition) is 4. The second-order valence-corrected chi connectivity index (χ2v) is 7.72. The van der Waals surface area contributed by atoms with Gasteiger partial charge in [0.2, 0.25) is 5.91 Å². The molecule has 0 spiro atoms. The topological polar surface area (TPSA) is 74.3 Å². The van der Waals surface area contributed by atoms with E-state index >= 15 is 0 Å². The average molecular weight is 415 g/mol. The molecular weight excluding hydrogens is 388 g/mol. The van der Waals surface area contributed by atoms with Crippen LogP contribution in [0.1, 0.15) is 34.3 Å². The molecule has 1 atom stereocenters. The lowest BCUT2D eigenvalue weighted by Gasteiger charge is -2.23. The number of hydrogen-bond donors (Lipinski definition) is 2. The summed E-state index contributed by atoms with van der Waals surface area (Å²) in [5.74, 6) is -0.134. The molecule has 158 valence electrons. The molecule has 1 saturated heterocycles. The first-order valence-corrected chi connectivity index (χ1v) is 10.5. The first-order valence-electron chi connectivity index (χ1n) is 10.5. The van der Waals surface area contributed by atoms with E-state index in [0.717, 1.165) is 31.5 Å². The number of anilines is 1. The molecule has 4 rings (SSSR count). The Morgan fingerprint density at radius 2 is 1.74 bits per heavy atom. The first kappa shape index (κ1) is 20.8. The lowest BCUT2D eigenvalue weighted by molar-refractivity contribution is -0.125. The van der Waals surface area contributed by atoms with Crippen LogP contribution in [0.2, 0.25) is 0 Å². The second kappa shape index (κ2) is 10.00. The SMILES string of the molecule is O=C(Nc1cccc(CNC(=O)C2CCCN2Cc2ccccc2)c1)c1ccncc1. The molecule has 2 aromatic carbocycles. The Labute approximate surface area is 182 Å². The van der Waals surface area contributed by atoms with Gasteiger partial charge in [-0.3, -0.25) is 19.5 Å². The number of carbonyl (C=O) groups excluding carboxylic acids is 2. The highest BCUT2D eigenvalue weighted by Gasteiger charge is 2.30. The number of nitrogens with zero attached hydrogens (tertiary/aromatic N) is 2. The van der Waals surface area contributed by atoms with Gasteiger partial charge in [0.1, 0.15) is 0 Å². The minimum atomic E-state index is -0.189. The summed E-state index contributed by atoms with van der Waals surface area (Å²) >= 11 is 0. The molecule has 2 N–H and O–H groups in total. The zero-order chi connectivity index (χ0) is 21.5. The predicted molar refractivity (Wildman–Crippen MR) is 120 cm³/mol. The van der Waals surface area contributed by atoms with E-state index in [1.807, 2.05) is 42.5 Å². The molecule has 0 radical (unpaired) electrons. The molecule has 6 heteroatoms. The summed E-state index contributed by atoms with van der Waals surface area (Å²) in [6.45, 7) is 2.15. The maximum absolute atomic E-state index is 12.8. The summed E-state index contributed by atoms with van der Waals surface area (Å²) < 4.78 is 0. The minimum absolute atomic E-state index is 0.0552. The zero-order valence-electron chi connectivity index (χ0n) is 17.3. The third-order valence-electron chi connectivity index (χ3n) is 5.49. The highest BCUT2D eigenvalue weighted by atomic mass is 16.2. The highest BCUT2D eigenvalue weighted by molar-refractivity contribution is 6.04. The van der Waals surface area contributed by atoms with Crippen molar-refractivity contribution in [2.24, 2.45) is 0 Å². The quantitative estimate of drug-likeness (QED) is 0.619. The second-order valence-electron chi connectivity index (χ2n) is 7.72. The van der Waals surface area contributed by atoms with Crippen molar-refractivity contribution in [3.05, 3.63) is 95.8 Å². The van der Waals surface area contributed by atoms with E-state index in [1.54, 1.807) is 24.5 Å². The fraction of sp³-hybridized carbons (Fsp3) is 0.240. The molecule has 1 aliphatic rings. The number of carbonyl (C=O) groups is 2. The lowest BCUT2D eigenvalue weighted by Crippen LogP contribution is -2.42. The number of amides is 2. The largest absolute Gasteiger partial charge is 0.351 e. The third-order valence-corrected chi connectivity index (χ3v) is 5.49. The van der Waals surface area contributed by atoms with Crippen molar-refractivity contribution in [3.63, 3.8) is 0 Å². The van der Waals surface area contributed by atoms with Crippen LogP contribution in [0, 0.1) is 0 Å². The monoisotopic (exact) mass is 414 g/mol. The van der Waals surface area contributed by atoms with Crippen LogP contribution in [-0.2, 0) is 17.9 Å². The van der Waals surface area contributed by atoms with Crippen molar-refractivity contribution in [1.82, 2.24) is 15.2 Å². The molecule has 1 aromatic heterocycles. The van der Waals surface area contributed by atoms with Gasteiger partial charge in [-0.05, 0) is 54.8 Å². The zero-order valence-corrected chi connectivity index (χ0v) is 17.3. The molecule has 2 heterocycles. The Kier molecular flexibility index (Phi) is 6.69. The van der Waals surface area contributed by atoms with Crippen LogP contribution in [0.5, 0.6) is 0 Å². The van der Waals surface area contributed by atoms with Crippen LogP contribution in [0.3, 0.4) is 0 Å². The Morgan fingerprint density at radius 3 is 2.55 bits per heavy atom. The van der Waals surface area contributed by atoms with E-state index < -0.39 is 0 Å². The van der Waals surface area contributed by atoms with Crippen molar-refractivity contribution in [2.45, 2.75) is 32.0 Å². The standard InChI is InChI=1S/C25H26N4O2/c30-24(21-11-13-26-14-12-21)28-22-9-4-8-20(16-22)17-27-25(31)23-10-5-15-29(23)18-19-6-2-1-3-7-19/h1-4,6-9,11-14,16,23H,5,10,15,17-18H2,(H,27,31)(H,28,30). The van der Waals surface area contributed by atoms with Gasteiger partial charge in [-0.15, -0.1) is 0 Å². The van der Waals surface area contributed by atoms with E-state index in [2.05, 4.69) is 32.7 Å². The fourth-order valence-electron chi connectivity index (χ4n) is 3.90. The van der Waals surface area contributed by atoms with Gasteiger partial charge in [0.05, 0.1) is 6.04 Å². The molecule has 0 aliphatic carbocycles. The van der Waals surface area contributed by atoms with Crippen molar-refractivity contribution in [1.29, 1.82) is 0 Å². The maximum atomic E-state index is 12.8. The predicted octanol–water partition coefficient (Wildman–Crippen LogP) is 3.61. The lowest BCUT2D eigenvalue weighted by atomic mass is 10.1. The van der Waals surface area contributed by atoms with Crippen LogP contribution in [0.4, 0.5) is 5.69 Å². The number of rotatable bonds is 7. The number of aromatic nitrogens is 1. The van der Waals surface area contributed by atoms with Gasteiger partial charge in [0, 0.05) is 36.7 Å². The minimum Gasteiger partial charge on any atom is -0.351 e. The van der Waals surface area contributed by atoms with Gasteiger partial charge in [0.25, 0.3) is 5.91 Å². The summed E-state index contributed by atoms with van der Waals surface area (Å²) in [7, 11) is 0. The average Bonchev–Trinajstić information content (AvgIpc) is 3.27. The Morgan fingerprint density at radius 1 is 0.968 bits per heavy atom. The van der Waals surface area contributed by atoms with Crippen molar-refractivity contribution in [2.75, 3.05) is 11.9 Å². The summed E-state index contributed by atoms with van der Waals surface area (Å²) in [4.78, 5) is 31.3. The number of benzene rings is 2. The van der Waals surface area contributed by atoms with Crippen LogP contribution >= 0.6 is 0 Å². The smallest absolute Gasteiger partial charge is 0.255 e. The molecule has 3 aromatic rings. The molecule has 0 bridgehead atoms. The third kappa shape index (κ3) is 5.55. The van der Waals surface area contributed by atoms with Crippen LogP contribution in [0.25, 0.3) is 0 Å². The summed E-state index contributed by atoms with van der Waals surface area (Å²) in [5, 5.41) is 5.96. The summed E-state index contributed by atoms with van der Waals surface area (Å²) in [6, 6.07) is 21.0. The van der Waals surface area contributed by atoms with Crippen LogP contribution in [0.15, 0.2) is 79.1 Å². The molecule has 31 heavy (non-hydrogen) atoms. The number of likely N-dealkylation sites (tertiary alicyclic amines) is 1. The van der Waals surface area contributed by atoms with Gasteiger partial charge < -0.3 is 10.6 Å². The maximum Gasteiger partial charge on any atom is 0.255 e. The van der Waals surface area contributed by atoms with E-state index in [-0.39, 0.29) is 17.9 Å². The van der Waals surface area contributed by atoms with Gasteiger partial charge in [-0.1, -0.05) is 42.5 Å². The molecule has 1 unspecified atom stereocenters. The van der Waals surface area contributed by atoms with Gasteiger partial charge in [0.15, 0.2) is 0 Å². The van der Waals surface area contributed by atoms with Gasteiger partial charge in [-0.2, -0.15) is 0 Å². The van der Waals surface area contributed by atoms with Crippen LogP contribution < -0.4 is 10.6 Å². The normalized spacial score (nSPS) is 16.1.